The van der Waals surface area contributed by atoms with Crippen molar-refractivity contribution in [1.29, 1.82) is 5.26 Å². The van der Waals surface area contributed by atoms with Gasteiger partial charge in [-0.15, -0.1) is 0 Å². The summed E-state index contributed by atoms with van der Waals surface area (Å²) in [6, 6.07) is 5.13. The molecule has 3 aliphatic heterocycles. The van der Waals surface area contributed by atoms with Crippen LogP contribution in [-0.2, 0) is 9.59 Å². The fourth-order valence-electron chi connectivity index (χ4n) is 4.84. The van der Waals surface area contributed by atoms with Gasteiger partial charge in [0.25, 0.3) is 5.91 Å². The Balaban J connectivity index is 1.46. The first kappa shape index (κ1) is 19.4. The molecule has 1 aromatic carbocycles. The number of rotatable bonds is 3. The number of amides is 3. The van der Waals surface area contributed by atoms with Crippen LogP contribution in [-0.4, -0.2) is 46.8 Å². The summed E-state index contributed by atoms with van der Waals surface area (Å²) in [6.07, 6.45) is 4.73. The number of nitrogens with zero attached hydrogens (tertiary/aromatic N) is 2. The van der Waals surface area contributed by atoms with Crippen molar-refractivity contribution in [1.82, 2.24) is 15.5 Å². The molecule has 2 bridgehead atoms. The van der Waals surface area contributed by atoms with E-state index in [4.69, 9.17) is 5.26 Å². The van der Waals surface area contributed by atoms with E-state index in [-0.39, 0.29) is 47.0 Å². The number of piperidine rings is 2. The second-order valence-electron chi connectivity index (χ2n) is 8.09. The monoisotopic (exact) mass is 398 g/mol. The second-order valence-corrected chi connectivity index (χ2v) is 8.09. The van der Waals surface area contributed by atoms with E-state index in [0.29, 0.717) is 25.7 Å². The van der Waals surface area contributed by atoms with Gasteiger partial charge in [-0.3, -0.25) is 14.4 Å². The Labute approximate surface area is 168 Å². The lowest BCUT2D eigenvalue weighted by Crippen LogP contribution is -2.60. The predicted molar refractivity (Wildman–Crippen MR) is 101 cm³/mol. The predicted octanol–water partition coefficient (Wildman–Crippen LogP) is 1.62. The minimum atomic E-state index is -0.681. The van der Waals surface area contributed by atoms with Crippen LogP contribution in [0, 0.1) is 17.1 Å². The van der Waals surface area contributed by atoms with Crippen LogP contribution in [0.4, 0.5) is 4.39 Å². The van der Waals surface area contributed by atoms with Crippen LogP contribution < -0.4 is 10.6 Å². The van der Waals surface area contributed by atoms with Gasteiger partial charge < -0.3 is 15.5 Å². The maximum absolute atomic E-state index is 14.4. The Kier molecular flexibility index (Phi) is 5.22. The maximum atomic E-state index is 14.4. The smallest absolute Gasteiger partial charge is 0.257 e. The molecule has 0 aromatic heterocycles. The van der Waals surface area contributed by atoms with Crippen LogP contribution in [0.2, 0.25) is 0 Å². The van der Waals surface area contributed by atoms with E-state index in [2.05, 4.69) is 10.6 Å². The highest BCUT2D eigenvalue weighted by Crippen LogP contribution is 2.35. The molecular weight excluding hydrogens is 375 g/mol. The van der Waals surface area contributed by atoms with Crippen molar-refractivity contribution in [2.75, 3.05) is 0 Å². The Bertz CT molecular complexity index is 882. The number of fused-ring (bicyclic) bond motifs is 2. The molecule has 1 unspecified atom stereocenters. The summed E-state index contributed by atoms with van der Waals surface area (Å²) in [6.45, 7) is 0. The lowest BCUT2D eigenvalue weighted by Gasteiger charge is -2.49. The number of halogens is 1. The molecule has 0 spiro atoms. The van der Waals surface area contributed by atoms with E-state index < -0.39 is 11.9 Å². The zero-order valence-electron chi connectivity index (χ0n) is 16.0. The first-order valence-electron chi connectivity index (χ1n) is 10.1. The molecule has 29 heavy (non-hydrogen) atoms. The quantitative estimate of drug-likeness (QED) is 0.808. The van der Waals surface area contributed by atoms with Gasteiger partial charge in [-0.2, -0.15) is 5.26 Å². The largest absolute Gasteiger partial charge is 0.351 e. The standard InChI is InChI=1S/C21H23FN4O3/c22-17-8-12(11-23)4-5-16(17)21(29)26-14-2-1-3-15(26)10-13(9-14)24-20(28)18-6-7-19(27)25-18/h4-5,8,13-15,18H,1-3,6-7,9-10H2,(H,24,28)(H,25,27)/t13?,14-,15+,18-/m0/s1. The zero-order valence-corrected chi connectivity index (χ0v) is 16.0. The lowest BCUT2D eigenvalue weighted by atomic mass is 9.81. The van der Waals surface area contributed by atoms with E-state index in [0.717, 1.165) is 25.3 Å². The van der Waals surface area contributed by atoms with Crippen molar-refractivity contribution >= 4 is 17.7 Å². The Morgan fingerprint density at radius 2 is 1.93 bits per heavy atom. The van der Waals surface area contributed by atoms with E-state index in [9.17, 15) is 18.8 Å². The number of hydrogen-bond acceptors (Lipinski definition) is 4. The summed E-state index contributed by atoms with van der Waals surface area (Å²) in [5.41, 5.74) is 0.164. The normalized spacial score (nSPS) is 28.4. The number of benzene rings is 1. The highest BCUT2D eigenvalue weighted by molar-refractivity contribution is 5.95. The van der Waals surface area contributed by atoms with Crippen molar-refractivity contribution in [3.63, 3.8) is 0 Å². The SMILES string of the molecule is N#Cc1ccc(C(=O)N2[C@@H]3CCC[C@H]2CC(NC(=O)[C@@H]2CCC(=O)N2)C3)c(F)c1. The van der Waals surface area contributed by atoms with Crippen LogP contribution in [0.3, 0.4) is 0 Å². The van der Waals surface area contributed by atoms with Crippen molar-refractivity contribution in [3.8, 4) is 6.07 Å². The van der Waals surface area contributed by atoms with Gasteiger partial charge in [-0.1, -0.05) is 0 Å². The molecule has 2 N–H and O–H groups in total. The molecular formula is C21H23FN4O3. The molecule has 4 rings (SSSR count). The van der Waals surface area contributed by atoms with E-state index in [1.807, 2.05) is 6.07 Å². The summed E-state index contributed by atoms with van der Waals surface area (Å²) in [4.78, 5) is 38.6. The highest BCUT2D eigenvalue weighted by atomic mass is 19.1. The molecule has 0 aliphatic carbocycles. The first-order valence-corrected chi connectivity index (χ1v) is 10.1. The average Bonchev–Trinajstić information content (AvgIpc) is 3.13. The molecule has 3 aliphatic rings. The van der Waals surface area contributed by atoms with Gasteiger partial charge in [0.1, 0.15) is 11.9 Å². The third-order valence-electron chi connectivity index (χ3n) is 6.20. The number of hydrogen-bond donors (Lipinski definition) is 2. The Morgan fingerprint density at radius 1 is 1.21 bits per heavy atom. The fourth-order valence-corrected chi connectivity index (χ4v) is 4.84. The zero-order chi connectivity index (χ0) is 20.5. The highest BCUT2D eigenvalue weighted by Gasteiger charge is 2.42. The summed E-state index contributed by atoms with van der Waals surface area (Å²) < 4.78 is 14.4. The van der Waals surface area contributed by atoms with Crippen molar-refractivity contribution < 1.29 is 18.8 Å². The fraction of sp³-hybridized carbons (Fsp3) is 0.524. The number of nitrogens with one attached hydrogen (secondary N) is 2. The molecule has 152 valence electrons. The molecule has 4 atom stereocenters. The molecule has 7 nitrogen and oxygen atoms in total. The van der Waals surface area contributed by atoms with Crippen LogP contribution in [0.25, 0.3) is 0 Å². The first-order chi connectivity index (χ1) is 14.0. The molecule has 8 heteroatoms. The molecule has 1 aromatic rings. The molecule has 3 saturated heterocycles. The Morgan fingerprint density at radius 3 is 2.52 bits per heavy atom. The van der Waals surface area contributed by atoms with Crippen LogP contribution in [0.15, 0.2) is 18.2 Å². The van der Waals surface area contributed by atoms with E-state index in [1.165, 1.54) is 12.1 Å². The third kappa shape index (κ3) is 3.82. The van der Waals surface area contributed by atoms with Crippen molar-refractivity contribution in [2.45, 2.75) is 69.1 Å². The number of carbonyl (C=O) groups excluding carboxylic acids is 3. The van der Waals surface area contributed by atoms with E-state index >= 15 is 0 Å². The molecule has 0 radical (unpaired) electrons. The van der Waals surface area contributed by atoms with Gasteiger partial charge in [0.05, 0.1) is 17.2 Å². The van der Waals surface area contributed by atoms with Gasteiger partial charge in [-0.25, -0.2) is 4.39 Å². The molecule has 3 amide bonds. The summed E-state index contributed by atoms with van der Waals surface area (Å²) >= 11 is 0. The topological polar surface area (TPSA) is 102 Å². The van der Waals surface area contributed by atoms with Gasteiger partial charge in [0.15, 0.2) is 0 Å². The molecule has 0 saturated carbocycles. The molecule has 3 fully saturated rings. The van der Waals surface area contributed by atoms with Gasteiger partial charge in [0.2, 0.25) is 11.8 Å². The Hall–Kier alpha value is -2.95. The van der Waals surface area contributed by atoms with Crippen LogP contribution in [0.5, 0.6) is 0 Å². The summed E-state index contributed by atoms with van der Waals surface area (Å²) in [7, 11) is 0. The van der Waals surface area contributed by atoms with Gasteiger partial charge >= 0.3 is 0 Å². The second kappa shape index (κ2) is 7.82. The third-order valence-corrected chi connectivity index (χ3v) is 6.20. The lowest BCUT2D eigenvalue weighted by molar-refractivity contribution is -0.126. The minimum Gasteiger partial charge on any atom is -0.351 e. The van der Waals surface area contributed by atoms with Crippen LogP contribution in [0.1, 0.15) is 60.9 Å². The van der Waals surface area contributed by atoms with Gasteiger partial charge in [0, 0.05) is 24.5 Å². The minimum absolute atomic E-state index is 0.0166. The number of carbonyl (C=O) groups is 3. The van der Waals surface area contributed by atoms with E-state index in [1.54, 1.807) is 4.90 Å². The van der Waals surface area contributed by atoms with Crippen LogP contribution >= 0.6 is 0 Å². The number of nitriles is 1. The maximum Gasteiger partial charge on any atom is 0.257 e. The molecule has 3 heterocycles. The van der Waals surface area contributed by atoms with Crippen molar-refractivity contribution in [3.05, 3.63) is 35.1 Å². The summed E-state index contributed by atoms with van der Waals surface area (Å²) in [5.74, 6) is -1.31. The van der Waals surface area contributed by atoms with Crippen molar-refractivity contribution in [2.24, 2.45) is 0 Å². The average molecular weight is 398 g/mol. The summed E-state index contributed by atoms with van der Waals surface area (Å²) in [5, 5.41) is 14.6. The van der Waals surface area contributed by atoms with Gasteiger partial charge in [-0.05, 0) is 56.7 Å².